The van der Waals surface area contributed by atoms with Crippen molar-refractivity contribution in [3.63, 3.8) is 0 Å². The normalized spacial score (nSPS) is 10.4. The molecule has 2 aromatic heterocycles. The summed E-state index contributed by atoms with van der Waals surface area (Å²) in [5, 5.41) is 11.0. The van der Waals surface area contributed by atoms with Crippen LogP contribution in [0.5, 0.6) is 0 Å². The van der Waals surface area contributed by atoms with E-state index in [0.717, 1.165) is 17.9 Å². The molecule has 0 unspecified atom stereocenters. The minimum atomic E-state index is 0.733. The van der Waals surface area contributed by atoms with Crippen molar-refractivity contribution in [2.75, 3.05) is 0 Å². The molecule has 2 heterocycles. The van der Waals surface area contributed by atoms with Gasteiger partial charge in [-0.3, -0.25) is 9.78 Å². The number of aromatic nitrogens is 4. The zero-order valence-corrected chi connectivity index (χ0v) is 6.86. The summed E-state index contributed by atoms with van der Waals surface area (Å²) < 4.78 is 1.87. The third kappa shape index (κ3) is 1.37. The van der Waals surface area contributed by atoms with Crippen molar-refractivity contribution in [1.82, 2.24) is 20.0 Å². The minimum absolute atomic E-state index is 0.733. The zero-order chi connectivity index (χ0) is 8.39. The quantitative estimate of drug-likeness (QED) is 0.715. The second-order valence-electron chi connectivity index (χ2n) is 2.72. The van der Waals surface area contributed by atoms with Crippen molar-refractivity contribution in [1.29, 1.82) is 0 Å². The van der Waals surface area contributed by atoms with Crippen LogP contribution in [0.3, 0.4) is 0 Å². The summed E-state index contributed by atoms with van der Waals surface area (Å²) in [7, 11) is 0. The van der Waals surface area contributed by atoms with E-state index < -0.39 is 0 Å². The lowest BCUT2D eigenvalue weighted by atomic mass is 10.4. The van der Waals surface area contributed by atoms with Gasteiger partial charge in [0.2, 0.25) is 0 Å². The lowest BCUT2D eigenvalue weighted by Gasteiger charge is -1.95. The van der Waals surface area contributed by atoms with Crippen molar-refractivity contribution < 1.29 is 0 Å². The van der Waals surface area contributed by atoms with E-state index in [1.165, 1.54) is 0 Å². The summed E-state index contributed by atoms with van der Waals surface area (Å²) >= 11 is 0. The van der Waals surface area contributed by atoms with E-state index in [4.69, 9.17) is 0 Å². The molecule has 0 bridgehead atoms. The third-order valence-electron chi connectivity index (χ3n) is 1.66. The maximum Gasteiger partial charge on any atom is 0.0849 e. The third-order valence-corrected chi connectivity index (χ3v) is 1.66. The van der Waals surface area contributed by atoms with Crippen LogP contribution in [-0.4, -0.2) is 20.0 Å². The van der Waals surface area contributed by atoms with Gasteiger partial charge in [0.05, 0.1) is 17.9 Å². The number of aryl methyl sites for hydroxylation is 1. The fourth-order valence-electron chi connectivity index (χ4n) is 1.10. The first kappa shape index (κ1) is 7.09. The van der Waals surface area contributed by atoms with Gasteiger partial charge in [0, 0.05) is 12.4 Å². The fraction of sp³-hybridized carbons (Fsp3) is 0.250. The number of aromatic amines is 1. The number of nitrogens with zero attached hydrogens (tertiary/aromatic N) is 3. The van der Waals surface area contributed by atoms with Crippen molar-refractivity contribution in [3.05, 3.63) is 35.9 Å². The van der Waals surface area contributed by atoms with Gasteiger partial charge in [-0.1, -0.05) is 0 Å². The molecule has 2 aromatic rings. The Morgan fingerprint density at radius 1 is 1.50 bits per heavy atom. The summed E-state index contributed by atoms with van der Waals surface area (Å²) in [4.78, 5) is 0. The van der Waals surface area contributed by atoms with Gasteiger partial charge in [-0.2, -0.15) is 10.2 Å². The van der Waals surface area contributed by atoms with Crippen LogP contribution in [0.15, 0.2) is 24.5 Å². The Bertz CT molecular complexity index is 347. The highest BCUT2D eigenvalue weighted by Crippen LogP contribution is 1.97. The molecule has 12 heavy (non-hydrogen) atoms. The number of rotatable bonds is 2. The Kier molecular flexibility index (Phi) is 1.66. The predicted molar refractivity (Wildman–Crippen MR) is 44.7 cm³/mol. The largest absolute Gasteiger partial charge is 0.285 e. The number of H-pyrrole nitrogens is 1. The van der Waals surface area contributed by atoms with Gasteiger partial charge in [-0.05, 0) is 19.1 Å². The molecule has 0 saturated carbocycles. The van der Waals surface area contributed by atoms with Crippen LogP contribution < -0.4 is 0 Å². The number of nitrogens with one attached hydrogen (secondary N) is 1. The molecule has 0 radical (unpaired) electrons. The van der Waals surface area contributed by atoms with Crippen LogP contribution >= 0.6 is 0 Å². The van der Waals surface area contributed by atoms with Gasteiger partial charge in [-0.15, -0.1) is 0 Å². The Labute approximate surface area is 70.2 Å². The highest BCUT2D eigenvalue weighted by Gasteiger charge is 1.97. The average Bonchev–Trinajstić information content (AvgIpc) is 2.63. The maximum absolute atomic E-state index is 4.25. The molecular formula is C8H10N4. The molecule has 0 aromatic carbocycles. The van der Waals surface area contributed by atoms with E-state index in [0.29, 0.717) is 0 Å². The molecule has 62 valence electrons. The second kappa shape index (κ2) is 2.81. The van der Waals surface area contributed by atoms with Gasteiger partial charge in [0.15, 0.2) is 0 Å². The van der Waals surface area contributed by atoms with Crippen LogP contribution in [-0.2, 0) is 6.54 Å². The standard InChI is InChI=1S/C8H10N4/c1-7-3-5-12(11-7)6-8-2-4-9-10-8/h2-5H,6H2,1H3,(H,9,10). The Morgan fingerprint density at radius 3 is 3.00 bits per heavy atom. The molecule has 0 saturated heterocycles. The second-order valence-corrected chi connectivity index (χ2v) is 2.72. The van der Waals surface area contributed by atoms with Gasteiger partial charge < -0.3 is 0 Å². The molecule has 1 N–H and O–H groups in total. The molecule has 2 rings (SSSR count). The van der Waals surface area contributed by atoms with Crippen LogP contribution in [0.4, 0.5) is 0 Å². The fourth-order valence-corrected chi connectivity index (χ4v) is 1.10. The molecule has 0 aliphatic rings. The molecule has 4 nitrogen and oxygen atoms in total. The number of hydrogen-bond acceptors (Lipinski definition) is 2. The van der Waals surface area contributed by atoms with Gasteiger partial charge >= 0.3 is 0 Å². The van der Waals surface area contributed by atoms with Crippen LogP contribution in [0, 0.1) is 6.92 Å². The first-order valence-electron chi connectivity index (χ1n) is 3.83. The molecular weight excluding hydrogens is 152 g/mol. The first-order valence-corrected chi connectivity index (χ1v) is 3.83. The summed E-state index contributed by atoms with van der Waals surface area (Å²) in [6.07, 6.45) is 3.76. The zero-order valence-electron chi connectivity index (χ0n) is 6.86. The molecule has 0 amide bonds. The van der Waals surface area contributed by atoms with Gasteiger partial charge in [0.25, 0.3) is 0 Å². The summed E-state index contributed by atoms with van der Waals surface area (Å²) in [6.45, 7) is 2.71. The maximum atomic E-state index is 4.25. The van der Waals surface area contributed by atoms with Crippen molar-refractivity contribution in [2.45, 2.75) is 13.5 Å². The van der Waals surface area contributed by atoms with Crippen molar-refractivity contribution in [2.24, 2.45) is 0 Å². The minimum Gasteiger partial charge on any atom is -0.285 e. The van der Waals surface area contributed by atoms with E-state index in [9.17, 15) is 0 Å². The highest BCUT2D eigenvalue weighted by molar-refractivity contribution is 5.01. The smallest absolute Gasteiger partial charge is 0.0849 e. The first-order chi connectivity index (χ1) is 5.84. The van der Waals surface area contributed by atoms with Crippen LogP contribution in [0.25, 0.3) is 0 Å². The van der Waals surface area contributed by atoms with E-state index in [2.05, 4.69) is 15.3 Å². The molecule has 0 aliphatic carbocycles. The van der Waals surface area contributed by atoms with Crippen LogP contribution in [0.1, 0.15) is 11.4 Å². The molecule has 0 aliphatic heterocycles. The van der Waals surface area contributed by atoms with Crippen molar-refractivity contribution >= 4 is 0 Å². The van der Waals surface area contributed by atoms with E-state index >= 15 is 0 Å². The lowest BCUT2D eigenvalue weighted by Crippen LogP contribution is -2.00. The summed E-state index contributed by atoms with van der Waals surface area (Å²) in [5.41, 5.74) is 2.03. The summed E-state index contributed by atoms with van der Waals surface area (Å²) in [6, 6.07) is 3.92. The molecule has 0 spiro atoms. The van der Waals surface area contributed by atoms with E-state index in [1.54, 1.807) is 0 Å². The van der Waals surface area contributed by atoms with E-state index in [1.807, 2.05) is 36.1 Å². The average molecular weight is 162 g/mol. The highest BCUT2D eigenvalue weighted by atomic mass is 15.3. The van der Waals surface area contributed by atoms with Crippen LogP contribution in [0.2, 0.25) is 0 Å². The molecule has 0 fully saturated rings. The predicted octanol–water partition coefficient (Wildman–Crippen LogP) is 0.963. The van der Waals surface area contributed by atoms with Gasteiger partial charge in [0.1, 0.15) is 0 Å². The molecule has 4 heteroatoms. The Hall–Kier alpha value is -1.58. The monoisotopic (exact) mass is 162 g/mol. The Morgan fingerprint density at radius 2 is 2.42 bits per heavy atom. The summed E-state index contributed by atoms with van der Waals surface area (Å²) in [5.74, 6) is 0. The topological polar surface area (TPSA) is 46.5 Å². The number of hydrogen-bond donors (Lipinski definition) is 1. The lowest BCUT2D eigenvalue weighted by molar-refractivity contribution is 0.664. The van der Waals surface area contributed by atoms with Gasteiger partial charge in [-0.25, -0.2) is 0 Å². The molecule has 0 atom stereocenters. The van der Waals surface area contributed by atoms with Crippen molar-refractivity contribution in [3.8, 4) is 0 Å². The SMILES string of the molecule is Cc1ccn(Cc2cc[nH]n2)n1. The van der Waals surface area contributed by atoms with E-state index in [-0.39, 0.29) is 0 Å². The Balaban J connectivity index is 2.14.